The second-order valence-electron chi connectivity index (χ2n) is 8.69. The number of fused-ring (bicyclic) bond motifs is 2. The van der Waals surface area contributed by atoms with Gasteiger partial charge in [-0.25, -0.2) is 4.98 Å². The van der Waals surface area contributed by atoms with Gasteiger partial charge in [0.15, 0.2) is 0 Å². The normalized spacial score (nSPS) is 14.4. The summed E-state index contributed by atoms with van der Waals surface area (Å²) in [5, 5.41) is 12.5. The van der Waals surface area contributed by atoms with E-state index in [9.17, 15) is 4.79 Å². The van der Waals surface area contributed by atoms with Gasteiger partial charge in [0.25, 0.3) is 0 Å². The number of H-pyrrole nitrogens is 1. The first-order chi connectivity index (χ1) is 18.2. The van der Waals surface area contributed by atoms with Crippen LogP contribution in [0.15, 0.2) is 91.1 Å². The number of ether oxygens (including phenoxy) is 1. The van der Waals surface area contributed by atoms with Crippen LogP contribution in [0.5, 0.6) is 0 Å². The minimum Gasteiger partial charge on any atom is -0.379 e. The van der Waals surface area contributed by atoms with Crippen LogP contribution in [0.2, 0.25) is 0 Å². The zero-order valence-electron chi connectivity index (χ0n) is 19.9. The quantitative estimate of drug-likeness (QED) is 0.316. The van der Waals surface area contributed by atoms with Crippen LogP contribution >= 0.6 is 23.5 Å². The molecule has 2 aliphatic heterocycles. The summed E-state index contributed by atoms with van der Waals surface area (Å²) in [6.07, 6.45) is 0. The molecule has 4 aromatic rings. The van der Waals surface area contributed by atoms with E-state index in [1.165, 1.54) is 9.79 Å². The molecule has 0 bridgehead atoms. The molecular weight excluding hydrogens is 502 g/mol. The van der Waals surface area contributed by atoms with E-state index in [-0.39, 0.29) is 5.56 Å². The van der Waals surface area contributed by atoms with Crippen molar-refractivity contribution < 1.29 is 4.74 Å². The highest BCUT2D eigenvalue weighted by Gasteiger charge is 2.22. The topological polar surface area (TPSA) is 94.0 Å². The summed E-state index contributed by atoms with van der Waals surface area (Å²) in [5.41, 5.74) is 4.92. The summed E-state index contributed by atoms with van der Waals surface area (Å²) in [4.78, 5) is 26.8. The van der Waals surface area contributed by atoms with E-state index >= 15 is 0 Å². The Hall–Kier alpha value is -3.71. The van der Waals surface area contributed by atoms with Crippen LogP contribution in [0.3, 0.4) is 0 Å². The molecule has 2 N–H and O–H groups in total. The molecular formula is C28H23N5O2S2. The number of aromatic nitrogens is 2. The fraction of sp³-hybridized carbons (Fsp3) is 0.179. The van der Waals surface area contributed by atoms with Gasteiger partial charge in [-0.05, 0) is 42.5 Å². The Labute approximate surface area is 222 Å². The molecule has 7 nitrogen and oxygen atoms in total. The third-order valence-corrected chi connectivity index (χ3v) is 8.84. The van der Waals surface area contributed by atoms with Crippen LogP contribution in [0, 0.1) is 11.3 Å². The Balaban J connectivity index is 1.25. The van der Waals surface area contributed by atoms with Crippen molar-refractivity contribution in [1.82, 2.24) is 9.97 Å². The molecule has 9 heteroatoms. The van der Waals surface area contributed by atoms with Gasteiger partial charge in [-0.15, -0.1) is 0 Å². The number of morpholine rings is 1. The number of hydrogen-bond donors (Lipinski definition) is 2. The SMILES string of the molecule is N#Cc1cccc(CNc2ccc3c(c2)Sc2cccc(-c4cc(N5CCOCC5)cc(=O)[nH]4)c2S3)n1. The Bertz CT molecular complexity index is 1570. The molecule has 37 heavy (non-hydrogen) atoms. The molecule has 0 aliphatic carbocycles. The minimum atomic E-state index is -0.101. The second kappa shape index (κ2) is 10.3. The van der Waals surface area contributed by atoms with E-state index in [2.05, 4.69) is 62.7 Å². The molecule has 0 spiro atoms. The Morgan fingerprint density at radius 2 is 1.86 bits per heavy atom. The van der Waals surface area contributed by atoms with Crippen LogP contribution in [-0.4, -0.2) is 36.3 Å². The summed E-state index contributed by atoms with van der Waals surface area (Å²) in [7, 11) is 0. The second-order valence-corrected chi connectivity index (χ2v) is 10.8. The molecule has 0 amide bonds. The predicted octanol–water partition coefficient (Wildman–Crippen LogP) is 5.37. The zero-order chi connectivity index (χ0) is 25.2. The van der Waals surface area contributed by atoms with Crippen molar-refractivity contribution >= 4 is 34.9 Å². The van der Waals surface area contributed by atoms with Crippen molar-refractivity contribution in [2.75, 3.05) is 36.5 Å². The Kier molecular flexibility index (Phi) is 6.62. The maximum absolute atomic E-state index is 12.6. The lowest BCUT2D eigenvalue weighted by Gasteiger charge is -2.29. The fourth-order valence-electron chi connectivity index (χ4n) is 4.43. The average Bonchev–Trinajstić information content (AvgIpc) is 2.95. The number of aromatic amines is 1. The van der Waals surface area contributed by atoms with E-state index < -0.39 is 0 Å². The summed E-state index contributed by atoms with van der Waals surface area (Å²) in [6.45, 7) is 3.45. The number of nitrogens with zero attached hydrogens (tertiary/aromatic N) is 3. The van der Waals surface area contributed by atoms with Crippen molar-refractivity contribution in [3.63, 3.8) is 0 Å². The third-order valence-electron chi connectivity index (χ3n) is 6.24. The van der Waals surface area contributed by atoms with E-state index in [1.807, 2.05) is 18.2 Å². The number of nitriles is 1. The first kappa shape index (κ1) is 23.7. The summed E-state index contributed by atoms with van der Waals surface area (Å²) >= 11 is 3.46. The predicted molar refractivity (Wildman–Crippen MR) is 146 cm³/mol. The van der Waals surface area contributed by atoms with Gasteiger partial charge >= 0.3 is 0 Å². The van der Waals surface area contributed by atoms with Crippen molar-refractivity contribution in [2.45, 2.75) is 26.1 Å². The summed E-state index contributed by atoms with van der Waals surface area (Å²) < 4.78 is 5.48. The van der Waals surface area contributed by atoms with Crippen molar-refractivity contribution in [1.29, 1.82) is 5.26 Å². The van der Waals surface area contributed by atoms with Gasteiger partial charge < -0.3 is 19.9 Å². The van der Waals surface area contributed by atoms with Gasteiger partial charge in [-0.3, -0.25) is 4.79 Å². The molecule has 4 heterocycles. The zero-order valence-corrected chi connectivity index (χ0v) is 21.5. The lowest BCUT2D eigenvalue weighted by Crippen LogP contribution is -2.36. The van der Waals surface area contributed by atoms with Crippen LogP contribution in [0.1, 0.15) is 11.4 Å². The first-order valence-electron chi connectivity index (χ1n) is 12.0. The third kappa shape index (κ3) is 5.09. The van der Waals surface area contributed by atoms with Crippen LogP contribution in [0.4, 0.5) is 11.4 Å². The lowest BCUT2D eigenvalue weighted by molar-refractivity contribution is 0.122. The molecule has 2 aliphatic rings. The standard InChI is InChI=1S/C28H23N5O2S2/c29-16-19-3-1-4-20(31-19)17-30-18-7-8-24-26(13-18)36-25-6-2-5-22(28(25)37-24)23-14-21(15-27(34)32-23)33-9-11-35-12-10-33/h1-8,13-15,30H,9-12,17H2,(H,32,34). The Morgan fingerprint density at radius 1 is 1.00 bits per heavy atom. The molecule has 6 rings (SSSR count). The van der Waals surface area contributed by atoms with Crippen LogP contribution in [0.25, 0.3) is 11.3 Å². The molecule has 184 valence electrons. The highest BCUT2D eigenvalue weighted by Crippen LogP contribution is 2.52. The maximum atomic E-state index is 12.6. The number of hydrogen-bond acceptors (Lipinski definition) is 8. The van der Waals surface area contributed by atoms with Gasteiger partial charge in [-0.1, -0.05) is 41.7 Å². The molecule has 2 aromatic heterocycles. The van der Waals surface area contributed by atoms with E-state index in [4.69, 9.17) is 10.00 Å². The number of benzene rings is 2. The molecule has 0 unspecified atom stereocenters. The number of nitrogens with one attached hydrogen (secondary N) is 2. The van der Waals surface area contributed by atoms with E-state index in [0.29, 0.717) is 25.5 Å². The number of anilines is 2. The van der Waals surface area contributed by atoms with Crippen LogP contribution in [-0.2, 0) is 11.3 Å². The van der Waals surface area contributed by atoms with Crippen molar-refractivity contribution in [3.8, 4) is 17.3 Å². The lowest BCUT2D eigenvalue weighted by atomic mass is 10.1. The highest BCUT2D eigenvalue weighted by molar-refractivity contribution is 8.05. The molecule has 0 atom stereocenters. The van der Waals surface area contributed by atoms with E-state index in [0.717, 1.165) is 51.2 Å². The van der Waals surface area contributed by atoms with Crippen LogP contribution < -0.4 is 15.8 Å². The fourth-order valence-corrected chi connectivity index (χ4v) is 6.85. The monoisotopic (exact) mass is 525 g/mol. The molecule has 0 saturated carbocycles. The maximum Gasteiger partial charge on any atom is 0.250 e. The molecule has 1 saturated heterocycles. The largest absolute Gasteiger partial charge is 0.379 e. The summed E-state index contributed by atoms with van der Waals surface area (Å²) in [5.74, 6) is 0. The smallest absolute Gasteiger partial charge is 0.250 e. The highest BCUT2D eigenvalue weighted by atomic mass is 32.2. The molecule has 1 fully saturated rings. The van der Waals surface area contributed by atoms with Gasteiger partial charge in [0.1, 0.15) is 11.8 Å². The number of rotatable bonds is 5. The minimum absolute atomic E-state index is 0.101. The van der Waals surface area contributed by atoms with Crippen molar-refractivity contribution in [2.24, 2.45) is 0 Å². The number of pyridine rings is 2. The van der Waals surface area contributed by atoms with Gasteiger partial charge in [0.05, 0.1) is 31.1 Å². The molecule has 0 radical (unpaired) electrons. The Morgan fingerprint density at radius 3 is 2.73 bits per heavy atom. The van der Waals surface area contributed by atoms with Gasteiger partial charge in [0.2, 0.25) is 5.56 Å². The average molecular weight is 526 g/mol. The first-order valence-corrected chi connectivity index (χ1v) is 13.6. The van der Waals surface area contributed by atoms with Crippen molar-refractivity contribution in [3.05, 3.63) is 88.5 Å². The summed E-state index contributed by atoms with van der Waals surface area (Å²) in [6, 6.07) is 23.9. The van der Waals surface area contributed by atoms with Gasteiger partial charge in [0, 0.05) is 55.7 Å². The molecule has 2 aromatic carbocycles. The van der Waals surface area contributed by atoms with Gasteiger partial charge in [-0.2, -0.15) is 5.26 Å². The van der Waals surface area contributed by atoms with E-state index in [1.54, 1.807) is 35.7 Å².